The molecule has 0 amide bonds. The highest BCUT2D eigenvalue weighted by atomic mass is 19.1. The Hall–Kier alpha value is -3.01. The van der Waals surface area contributed by atoms with Gasteiger partial charge in [-0.15, -0.1) is 0 Å². The monoisotopic (exact) mass is 368 g/mol. The lowest BCUT2D eigenvalue weighted by Gasteiger charge is -2.03. The number of nitrogens with one attached hydrogen (secondary N) is 1. The predicted octanol–water partition coefficient (Wildman–Crippen LogP) is 5.80. The smallest absolute Gasteiger partial charge is 0.156 e. The zero-order chi connectivity index (χ0) is 20.7. The van der Waals surface area contributed by atoms with Crippen LogP contribution in [0.2, 0.25) is 0 Å². The molecular formula is C23H29FN2O. The van der Waals surface area contributed by atoms with Crippen LogP contribution in [-0.2, 0) is 4.79 Å². The number of rotatable bonds is 8. The van der Waals surface area contributed by atoms with Crippen molar-refractivity contribution < 1.29 is 9.18 Å². The van der Waals surface area contributed by atoms with E-state index in [1.807, 2.05) is 44.2 Å². The Morgan fingerprint density at radius 2 is 1.85 bits per heavy atom. The molecule has 0 bridgehead atoms. The quantitative estimate of drug-likeness (QED) is 0.273. The van der Waals surface area contributed by atoms with Crippen molar-refractivity contribution in [1.29, 1.82) is 0 Å². The molecule has 0 atom stereocenters. The molecular weight excluding hydrogens is 339 g/mol. The van der Waals surface area contributed by atoms with Crippen LogP contribution in [0.15, 0.2) is 89.9 Å². The number of carbonyl (C=O) groups is 1. The Morgan fingerprint density at radius 3 is 2.30 bits per heavy atom. The van der Waals surface area contributed by atoms with Gasteiger partial charge in [0.05, 0.1) is 0 Å². The summed E-state index contributed by atoms with van der Waals surface area (Å²) < 4.78 is 13.8. The fourth-order valence-electron chi connectivity index (χ4n) is 1.75. The van der Waals surface area contributed by atoms with Crippen molar-refractivity contribution in [1.82, 2.24) is 5.32 Å². The number of hydrogen-bond donors (Lipinski definition) is 1. The Bertz CT molecular complexity index is 741. The normalized spacial score (nSPS) is 12.3. The number of Topliss-reactive ketones (excluding diaryl/α,β-unsaturated/α-hetero) is 1. The summed E-state index contributed by atoms with van der Waals surface area (Å²) in [5.74, 6) is -0.477. The van der Waals surface area contributed by atoms with Gasteiger partial charge in [-0.05, 0) is 33.8 Å². The van der Waals surface area contributed by atoms with Crippen LogP contribution in [0.25, 0.3) is 5.70 Å². The summed E-state index contributed by atoms with van der Waals surface area (Å²) in [6, 6.07) is 9.05. The maximum atomic E-state index is 13.8. The molecule has 0 radical (unpaired) electrons. The molecule has 0 saturated carbocycles. The Morgan fingerprint density at radius 1 is 1.22 bits per heavy atom. The molecule has 0 saturated heterocycles. The molecule has 1 aromatic rings. The third-order valence-electron chi connectivity index (χ3n) is 3.21. The maximum Gasteiger partial charge on any atom is 0.156 e. The van der Waals surface area contributed by atoms with E-state index in [9.17, 15) is 9.18 Å². The molecule has 0 heterocycles. The van der Waals surface area contributed by atoms with Crippen LogP contribution in [0.5, 0.6) is 0 Å². The van der Waals surface area contributed by atoms with Crippen LogP contribution >= 0.6 is 0 Å². The van der Waals surface area contributed by atoms with Gasteiger partial charge in [0.15, 0.2) is 5.78 Å². The standard InChI is InChI=1S/C17H19FN2O.C6H10/c1-4-16(18)17(15-8-6-5-7-9-15)20-11-10-19-12-13(2)14(3)21;1-4-5-6(2)3/h4-9,11-12,19H,1,10H2,2-3H3;4-5H,2H2,1,3H3/b13-12-,17-16+,20-11?;5-4-. The molecule has 4 heteroatoms. The van der Waals surface area contributed by atoms with Crippen molar-refractivity contribution in [3.05, 3.63) is 90.5 Å². The molecule has 1 aromatic carbocycles. The molecule has 1 rings (SSSR count). The minimum Gasteiger partial charge on any atom is -0.386 e. The fraction of sp³-hybridized carbons (Fsp3) is 0.217. The summed E-state index contributed by atoms with van der Waals surface area (Å²) in [5.41, 5.74) is 2.65. The van der Waals surface area contributed by atoms with Gasteiger partial charge in [-0.1, -0.05) is 61.2 Å². The summed E-state index contributed by atoms with van der Waals surface area (Å²) in [6.45, 7) is 14.6. The first kappa shape index (κ1) is 24.0. The van der Waals surface area contributed by atoms with Gasteiger partial charge in [-0.25, -0.2) is 4.39 Å². The second-order valence-electron chi connectivity index (χ2n) is 5.72. The summed E-state index contributed by atoms with van der Waals surface area (Å²) >= 11 is 0. The minimum absolute atomic E-state index is 0.00186. The number of allylic oxidation sites excluding steroid dienone is 6. The van der Waals surface area contributed by atoms with Crippen LogP contribution in [0, 0.1) is 0 Å². The first-order valence-corrected chi connectivity index (χ1v) is 8.62. The lowest BCUT2D eigenvalue weighted by molar-refractivity contribution is -0.113. The molecule has 1 N–H and O–H groups in total. The van der Waals surface area contributed by atoms with Crippen molar-refractivity contribution >= 4 is 17.7 Å². The summed E-state index contributed by atoms with van der Waals surface area (Å²) in [7, 11) is 0. The molecule has 0 spiro atoms. The van der Waals surface area contributed by atoms with Crippen molar-refractivity contribution in [2.75, 3.05) is 6.54 Å². The van der Waals surface area contributed by atoms with E-state index < -0.39 is 5.83 Å². The molecule has 0 fully saturated rings. The van der Waals surface area contributed by atoms with Gasteiger partial charge in [0.2, 0.25) is 0 Å². The Labute approximate surface area is 162 Å². The number of aliphatic imine (C=N–C) groups is 1. The number of nitrogens with zero attached hydrogens (tertiary/aromatic N) is 1. The predicted molar refractivity (Wildman–Crippen MR) is 115 cm³/mol. The molecule has 0 aliphatic carbocycles. The van der Waals surface area contributed by atoms with E-state index in [0.29, 0.717) is 17.7 Å². The third-order valence-corrected chi connectivity index (χ3v) is 3.21. The van der Waals surface area contributed by atoms with E-state index >= 15 is 0 Å². The van der Waals surface area contributed by atoms with Crippen molar-refractivity contribution in [2.24, 2.45) is 4.99 Å². The highest BCUT2D eigenvalue weighted by Gasteiger charge is 2.04. The van der Waals surface area contributed by atoms with Crippen LogP contribution in [0.3, 0.4) is 0 Å². The number of halogens is 1. The number of carbonyl (C=O) groups excluding carboxylic acids is 1. The van der Waals surface area contributed by atoms with Gasteiger partial charge < -0.3 is 5.32 Å². The summed E-state index contributed by atoms with van der Waals surface area (Å²) in [4.78, 5) is 15.2. The molecule has 0 aromatic heterocycles. The van der Waals surface area contributed by atoms with Gasteiger partial charge in [0, 0.05) is 30.1 Å². The van der Waals surface area contributed by atoms with Crippen LogP contribution < -0.4 is 5.32 Å². The average molecular weight is 368 g/mol. The Balaban J connectivity index is 0.000000972. The third kappa shape index (κ3) is 11.3. The largest absolute Gasteiger partial charge is 0.386 e. The first-order chi connectivity index (χ1) is 12.8. The van der Waals surface area contributed by atoms with E-state index in [4.69, 9.17) is 0 Å². The molecule has 0 aliphatic heterocycles. The topological polar surface area (TPSA) is 41.5 Å². The Kier molecular flexibility index (Phi) is 12.6. The fourth-order valence-corrected chi connectivity index (χ4v) is 1.75. The zero-order valence-electron chi connectivity index (χ0n) is 16.6. The summed E-state index contributed by atoms with van der Waals surface area (Å²) in [6.07, 6.45) is 8.24. The van der Waals surface area contributed by atoms with Crippen LogP contribution in [-0.4, -0.2) is 18.5 Å². The minimum atomic E-state index is -0.479. The number of hydrogen-bond acceptors (Lipinski definition) is 3. The van der Waals surface area contributed by atoms with Gasteiger partial charge in [-0.2, -0.15) is 0 Å². The number of benzene rings is 1. The van der Waals surface area contributed by atoms with Gasteiger partial charge in [0.25, 0.3) is 0 Å². The lowest BCUT2D eigenvalue weighted by Crippen LogP contribution is -2.10. The molecule has 144 valence electrons. The second kappa shape index (κ2) is 14.2. The van der Waals surface area contributed by atoms with E-state index in [2.05, 4.69) is 23.5 Å². The maximum absolute atomic E-state index is 13.8. The molecule has 3 nitrogen and oxygen atoms in total. The lowest BCUT2D eigenvalue weighted by atomic mass is 10.1. The second-order valence-corrected chi connectivity index (χ2v) is 5.72. The highest BCUT2D eigenvalue weighted by Crippen LogP contribution is 2.21. The molecule has 0 aliphatic rings. The summed E-state index contributed by atoms with van der Waals surface area (Å²) in [5, 5.41) is 2.93. The van der Waals surface area contributed by atoms with Gasteiger partial charge in [0.1, 0.15) is 11.5 Å². The zero-order valence-corrected chi connectivity index (χ0v) is 16.6. The SMILES string of the molecule is C=C(C)/C=C\C.C=C/C(F)=C(\N=CCN/C=C(/C)C(C)=O)c1ccccc1. The first-order valence-electron chi connectivity index (χ1n) is 8.62. The molecule has 0 unspecified atom stereocenters. The van der Waals surface area contributed by atoms with Crippen molar-refractivity contribution in [3.63, 3.8) is 0 Å². The van der Waals surface area contributed by atoms with Crippen LogP contribution in [0.4, 0.5) is 4.39 Å². The van der Waals surface area contributed by atoms with Crippen molar-refractivity contribution in [2.45, 2.75) is 27.7 Å². The van der Waals surface area contributed by atoms with E-state index in [1.165, 1.54) is 6.92 Å². The van der Waals surface area contributed by atoms with Gasteiger partial charge in [-0.3, -0.25) is 9.79 Å². The van der Waals surface area contributed by atoms with Crippen molar-refractivity contribution in [3.8, 4) is 0 Å². The van der Waals surface area contributed by atoms with Crippen LogP contribution in [0.1, 0.15) is 33.3 Å². The van der Waals surface area contributed by atoms with E-state index in [1.54, 1.807) is 31.5 Å². The van der Waals surface area contributed by atoms with E-state index in [-0.39, 0.29) is 11.5 Å². The van der Waals surface area contributed by atoms with Gasteiger partial charge >= 0.3 is 0 Å². The average Bonchev–Trinajstić information content (AvgIpc) is 2.64. The highest BCUT2D eigenvalue weighted by molar-refractivity contribution is 5.92. The molecule has 27 heavy (non-hydrogen) atoms. The van der Waals surface area contributed by atoms with E-state index in [0.717, 1.165) is 11.6 Å². The number of ketones is 1.